The van der Waals surface area contributed by atoms with Crippen LogP contribution in [-0.2, 0) is 0 Å². The second-order valence-corrected chi connectivity index (χ2v) is 6.03. The van der Waals surface area contributed by atoms with E-state index in [4.69, 9.17) is 5.73 Å². The highest BCUT2D eigenvalue weighted by Crippen LogP contribution is 2.37. The lowest BCUT2D eigenvalue weighted by Crippen LogP contribution is -2.40. The van der Waals surface area contributed by atoms with Gasteiger partial charge in [-0.1, -0.05) is 6.42 Å². The van der Waals surface area contributed by atoms with E-state index in [1.54, 1.807) is 12.1 Å². The fraction of sp³-hybridized carbons (Fsp3) is 0.571. The van der Waals surface area contributed by atoms with Crippen molar-refractivity contribution in [2.45, 2.75) is 32.2 Å². The molecular weight excluding hydrogens is 322 g/mol. The number of anilines is 1. The normalized spacial score (nSPS) is 21.9. The molecule has 1 fully saturated rings. The lowest BCUT2D eigenvalue weighted by atomic mass is 10.0. The number of hydrogen-bond donors (Lipinski definition) is 1. The molecule has 0 bridgehead atoms. The van der Waals surface area contributed by atoms with Crippen molar-refractivity contribution in [1.82, 2.24) is 0 Å². The molecule has 1 aliphatic carbocycles. The average molecular weight is 342 g/mol. The Morgan fingerprint density at radius 1 is 1.50 bits per heavy atom. The summed E-state index contributed by atoms with van der Waals surface area (Å²) in [5.74, 6) is 0.511. The molecule has 0 saturated heterocycles. The molecular formula is C14H20BrN3O2. The van der Waals surface area contributed by atoms with Gasteiger partial charge in [-0.05, 0) is 54.2 Å². The summed E-state index contributed by atoms with van der Waals surface area (Å²) in [6.45, 7) is 3.68. The Bertz CT molecular complexity index is 495. The molecule has 6 heteroatoms. The van der Waals surface area contributed by atoms with Gasteiger partial charge in [-0.3, -0.25) is 10.1 Å². The third kappa shape index (κ3) is 2.96. The zero-order chi connectivity index (χ0) is 14.7. The molecule has 1 aromatic rings. The molecule has 2 N–H and O–H groups in total. The van der Waals surface area contributed by atoms with Crippen LogP contribution in [0.4, 0.5) is 11.4 Å². The van der Waals surface area contributed by atoms with Crippen molar-refractivity contribution in [1.29, 1.82) is 0 Å². The third-order valence-electron chi connectivity index (χ3n) is 4.11. The molecule has 1 saturated carbocycles. The monoisotopic (exact) mass is 341 g/mol. The smallest absolute Gasteiger partial charge is 0.270 e. The number of non-ortho nitro benzene ring substituents is 1. The van der Waals surface area contributed by atoms with Crippen LogP contribution in [0.5, 0.6) is 0 Å². The standard InChI is InChI=1S/C14H20BrN3O2/c1-2-17(13-5-3-4-10(13)9-16)14-7-6-11(18(19)20)8-12(14)15/h6-8,10,13H,2-5,9,16H2,1H3. The number of benzene rings is 1. The minimum atomic E-state index is -0.372. The van der Waals surface area contributed by atoms with Crippen LogP contribution < -0.4 is 10.6 Å². The maximum absolute atomic E-state index is 10.8. The number of hydrogen-bond acceptors (Lipinski definition) is 4. The molecule has 2 atom stereocenters. The molecule has 0 amide bonds. The van der Waals surface area contributed by atoms with Crippen LogP contribution in [-0.4, -0.2) is 24.1 Å². The van der Waals surface area contributed by atoms with Gasteiger partial charge in [-0.25, -0.2) is 0 Å². The highest BCUT2D eigenvalue weighted by Gasteiger charge is 2.31. The first-order chi connectivity index (χ1) is 9.58. The van der Waals surface area contributed by atoms with Crippen LogP contribution in [0.25, 0.3) is 0 Å². The summed E-state index contributed by atoms with van der Waals surface area (Å²) in [5.41, 5.74) is 7.00. The first-order valence-corrected chi connectivity index (χ1v) is 7.78. The highest BCUT2D eigenvalue weighted by molar-refractivity contribution is 9.10. The summed E-state index contributed by atoms with van der Waals surface area (Å²) in [5, 5.41) is 10.8. The first kappa shape index (κ1) is 15.3. The van der Waals surface area contributed by atoms with Gasteiger partial charge in [0.25, 0.3) is 5.69 Å². The second kappa shape index (κ2) is 6.54. The number of nitro benzene ring substituents is 1. The van der Waals surface area contributed by atoms with Gasteiger partial charge in [0.1, 0.15) is 0 Å². The Morgan fingerprint density at radius 2 is 2.25 bits per heavy atom. The van der Waals surface area contributed by atoms with Gasteiger partial charge in [-0.2, -0.15) is 0 Å². The van der Waals surface area contributed by atoms with Gasteiger partial charge >= 0.3 is 0 Å². The van der Waals surface area contributed by atoms with Crippen LogP contribution in [0.15, 0.2) is 22.7 Å². The van der Waals surface area contributed by atoms with Gasteiger partial charge in [0.15, 0.2) is 0 Å². The summed E-state index contributed by atoms with van der Waals surface area (Å²) < 4.78 is 0.774. The van der Waals surface area contributed by atoms with E-state index in [9.17, 15) is 10.1 Å². The van der Waals surface area contributed by atoms with Gasteiger partial charge in [-0.15, -0.1) is 0 Å². The van der Waals surface area contributed by atoms with Crippen molar-refractivity contribution in [3.05, 3.63) is 32.8 Å². The summed E-state index contributed by atoms with van der Waals surface area (Å²) in [4.78, 5) is 12.8. The predicted octanol–water partition coefficient (Wildman–Crippen LogP) is 3.31. The number of nitrogens with zero attached hydrogens (tertiary/aromatic N) is 2. The fourth-order valence-corrected chi connectivity index (χ4v) is 3.72. The Balaban J connectivity index is 2.30. The fourth-order valence-electron chi connectivity index (χ4n) is 3.13. The molecule has 2 rings (SSSR count). The van der Waals surface area contributed by atoms with E-state index < -0.39 is 0 Å². The maximum atomic E-state index is 10.8. The summed E-state index contributed by atoms with van der Waals surface area (Å²) >= 11 is 3.47. The first-order valence-electron chi connectivity index (χ1n) is 6.99. The van der Waals surface area contributed by atoms with E-state index in [0.717, 1.165) is 23.1 Å². The van der Waals surface area contributed by atoms with E-state index in [-0.39, 0.29) is 10.6 Å². The van der Waals surface area contributed by atoms with E-state index in [2.05, 4.69) is 27.8 Å². The third-order valence-corrected chi connectivity index (χ3v) is 4.75. The van der Waals surface area contributed by atoms with E-state index in [1.807, 2.05) is 6.07 Å². The Morgan fingerprint density at radius 3 is 2.80 bits per heavy atom. The van der Waals surface area contributed by atoms with E-state index in [0.29, 0.717) is 18.5 Å². The number of nitro groups is 1. The molecule has 1 aromatic carbocycles. The molecule has 0 aliphatic heterocycles. The quantitative estimate of drug-likeness (QED) is 0.658. The van der Waals surface area contributed by atoms with Crippen molar-refractivity contribution >= 4 is 27.3 Å². The molecule has 0 radical (unpaired) electrons. The summed E-state index contributed by atoms with van der Waals surface area (Å²) in [7, 11) is 0. The van der Waals surface area contributed by atoms with Crippen LogP contribution in [0.3, 0.4) is 0 Å². The van der Waals surface area contributed by atoms with Gasteiger partial charge < -0.3 is 10.6 Å². The molecule has 0 aromatic heterocycles. The minimum absolute atomic E-state index is 0.110. The van der Waals surface area contributed by atoms with Crippen LogP contribution >= 0.6 is 15.9 Å². The highest BCUT2D eigenvalue weighted by atomic mass is 79.9. The van der Waals surface area contributed by atoms with Crippen LogP contribution in [0.1, 0.15) is 26.2 Å². The maximum Gasteiger partial charge on any atom is 0.270 e. The molecule has 0 spiro atoms. The van der Waals surface area contributed by atoms with Gasteiger partial charge in [0.05, 0.1) is 10.6 Å². The predicted molar refractivity (Wildman–Crippen MR) is 84.0 cm³/mol. The van der Waals surface area contributed by atoms with Crippen molar-refractivity contribution in [2.24, 2.45) is 11.7 Å². The molecule has 0 heterocycles. The molecule has 5 nitrogen and oxygen atoms in total. The Hall–Kier alpha value is -1.14. The minimum Gasteiger partial charge on any atom is -0.368 e. The number of halogens is 1. The Kier molecular flexibility index (Phi) is 4.99. The van der Waals surface area contributed by atoms with E-state index in [1.165, 1.54) is 12.8 Å². The van der Waals surface area contributed by atoms with Crippen LogP contribution in [0, 0.1) is 16.0 Å². The molecule has 20 heavy (non-hydrogen) atoms. The lowest BCUT2D eigenvalue weighted by molar-refractivity contribution is -0.384. The second-order valence-electron chi connectivity index (χ2n) is 5.17. The molecule has 1 aliphatic rings. The topological polar surface area (TPSA) is 72.4 Å². The lowest BCUT2D eigenvalue weighted by Gasteiger charge is -2.34. The average Bonchev–Trinajstić information content (AvgIpc) is 2.89. The zero-order valence-corrected chi connectivity index (χ0v) is 13.2. The number of nitrogens with two attached hydrogens (primary N) is 1. The zero-order valence-electron chi connectivity index (χ0n) is 11.6. The van der Waals surface area contributed by atoms with E-state index >= 15 is 0 Å². The molecule has 2 unspecified atom stereocenters. The van der Waals surface area contributed by atoms with Gasteiger partial charge in [0.2, 0.25) is 0 Å². The summed E-state index contributed by atoms with van der Waals surface area (Å²) in [6.07, 6.45) is 3.51. The molecule has 110 valence electrons. The largest absolute Gasteiger partial charge is 0.368 e. The van der Waals surface area contributed by atoms with Crippen molar-refractivity contribution in [3.63, 3.8) is 0 Å². The van der Waals surface area contributed by atoms with Gasteiger partial charge in [0, 0.05) is 29.2 Å². The number of rotatable bonds is 5. The summed E-state index contributed by atoms with van der Waals surface area (Å²) in [6, 6.07) is 5.40. The van der Waals surface area contributed by atoms with Crippen LogP contribution in [0.2, 0.25) is 0 Å². The van der Waals surface area contributed by atoms with Crippen molar-refractivity contribution in [3.8, 4) is 0 Å². The Labute approximate surface area is 127 Å². The SMILES string of the molecule is CCN(c1ccc([N+](=O)[O-])cc1Br)C1CCCC1CN. The van der Waals surface area contributed by atoms with Crippen molar-refractivity contribution < 1.29 is 4.92 Å². The van der Waals surface area contributed by atoms with Crippen molar-refractivity contribution in [2.75, 3.05) is 18.0 Å².